The third kappa shape index (κ3) is 6.53. The Morgan fingerprint density at radius 3 is 2.36 bits per heavy atom. The van der Waals surface area contributed by atoms with E-state index in [1.807, 2.05) is 55.5 Å². The zero-order chi connectivity index (χ0) is 25.3. The lowest BCUT2D eigenvalue weighted by Crippen LogP contribution is -2.40. The molecule has 2 amide bonds. The molecule has 1 aliphatic heterocycles. The lowest BCUT2D eigenvalue weighted by molar-refractivity contribution is -0.125. The van der Waals surface area contributed by atoms with Gasteiger partial charge in [0.15, 0.2) is 0 Å². The van der Waals surface area contributed by atoms with Gasteiger partial charge < -0.3 is 25.0 Å². The number of carbonyl (C=O) groups excluding carboxylic acids is 2. The maximum atomic E-state index is 12.8. The molecule has 1 aromatic heterocycles. The Hall–Kier alpha value is -4.07. The van der Waals surface area contributed by atoms with Crippen molar-refractivity contribution in [2.75, 3.05) is 37.0 Å². The number of hydrogen-bond acceptors (Lipinski definition) is 6. The van der Waals surface area contributed by atoms with Gasteiger partial charge in [-0.05, 0) is 73.9 Å². The van der Waals surface area contributed by atoms with Gasteiger partial charge in [-0.25, -0.2) is 4.98 Å². The molecule has 2 heterocycles. The highest BCUT2D eigenvalue weighted by Gasteiger charge is 2.25. The number of benzene rings is 2. The molecule has 4 rings (SSSR count). The van der Waals surface area contributed by atoms with Crippen LogP contribution in [-0.4, -0.2) is 43.6 Å². The molecule has 1 aliphatic rings. The second kappa shape index (κ2) is 12.1. The van der Waals surface area contributed by atoms with Crippen molar-refractivity contribution in [3.05, 3.63) is 78.0 Å². The Kier molecular flexibility index (Phi) is 8.39. The summed E-state index contributed by atoms with van der Waals surface area (Å²) in [6.45, 7) is 4.43. The maximum Gasteiger partial charge on any atom is 0.255 e. The molecule has 0 atom stereocenters. The predicted molar refractivity (Wildman–Crippen MR) is 140 cm³/mol. The molecular formula is C28H32N4O4. The first-order valence-electron chi connectivity index (χ1n) is 12.2. The van der Waals surface area contributed by atoms with Gasteiger partial charge >= 0.3 is 0 Å². The quantitative estimate of drug-likeness (QED) is 0.467. The fourth-order valence-corrected chi connectivity index (χ4v) is 4.18. The summed E-state index contributed by atoms with van der Waals surface area (Å²) >= 11 is 0. The fourth-order valence-electron chi connectivity index (χ4n) is 4.18. The minimum absolute atomic E-state index is 0.0364. The molecule has 1 saturated heterocycles. The van der Waals surface area contributed by atoms with E-state index in [2.05, 4.69) is 20.5 Å². The Bertz CT molecular complexity index is 1160. The molecular weight excluding hydrogens is 456 g/mol. The number of hydrogen-bond donors (Lipinski definition) is 2. The van der Waals surface area contributed by atoms with Crippen LogP contribution in [0.15, 0.2) is 66.9 Å². The highest BCUT2D eigenvalue weighted by Crippen LogP contribution is 2.23. The number of nitrogens with one attached hydrogen (secondary N) is 2. The Morgan fingerprint density at radius 2 is 1.69 bits per heavy atom. The minimum Gasteiger partial charge on any atom is -0.497 e. The number of aromatic nitrogens is 1. The smallest absolute Gasteiger partial charge is 0.255 e. The highest BCUT2D eigenvalue weighted by molar-refractivity contribution is 6.04. The third-order valence-electron chi connectivity index (χ3n) is 6.25. The fraction of sp³-hybridized carbons (Fsp3) is 0.321. The number of anilines is 2. The second-order valence-corrected chi connectivity index (χ2v) is 8.64. The molecule has 0 saturated carbocycles. The van der Waals surface area contributed by atoms with E-state index in [0.717, 1.165) is 35.7 Å². The van der Waals surface area contributed by atoms with Gasteiger partial charge in [0.25, 0.3) is 5.91 Å². The van der Waals surface area contributed by atoms with Crippen molar-refractivity contribution in [2.45, 2.75) is 26.3 Å². The van der Waals surface area contributed by atoms with Crippen LogP contribution in [0.25, 0.3) is 0 Å². The first-order valence-corrected chi connectivity index (χ1v) is 12.2. The van der Waals surface area contributed by atoms with Crippen molar-refractivity contribution in [3.63, 3.8) is 0 Å². The van der Waals surface area contributed by atoms with E-state index in [1.54, 1.807) is 25.4 Å². The Labute approximate surface area is 211 Å². The zero-order valence-electron chi connectivity index (χ0n) is 20.7. The number of piperidine rings is 1. The van der Waals surface area contributed by atoms with Crippen LogP contribution < -0.4 is 25.0 Å². The zero-order valence-corrected chi connectivity index (χ0v) is 20.7. The average Bonchev–Trinajstić information content (AvgIpc) is 2.93. The van der Waals surface area contributed by atoms with Gasteiger partial charge in [0, 0.05) is 43.0 Å². The average molecular weight is 489 g/mol. The number of pyridine rings is 1. The molecule has 0 spiro atoms. The normalized spacial score (nSPS) is 13.7. The maximum absolute atomic E-state index is 12.8. The molecule has 3 aromatic rings. The molecule has 36 heavy (non-hydrogen) atoms. The number of amides is 2. The van der Waals surface area contributed by atoms with Gasteiger partial charge in [0.2, 0.25) is 5.91 Å². The summed E-state index contributed by atoms with van der Waals surface area (Å²) in [4.78, 5) is 32.0. The van der Waals surface area contributed by atoms with Crippen LogP contribution in [0.1, 0.15) is 35.7 Å². The lowest BCUT2D eigenvalue weighted by Gasteiger charge is -2.32. The van der Waals surface area contributed by atoms with Crippen LogP contribution in [0.3, 0.4) is 0 Å². The summed E-state index contributed by atoms with van der Waals surface area (Å²) in [5.74, 6) is 2.14. The van der Waals surface area contributed by atoms with Gasteiger partial charge in [0.1, 0.15) is 17.3 Å². The van der Waals surface area contributed by atoms with Crippen molar-refractivity contribution in [1.82, 2.24) is 10.3 Å². The first kappa shape index (κ1) is 25.0. The van der Waals surface area contributed by atoms with E-state index in [-0.39, 0.29) is 17.7 Å². The summed E-state index contributed by atoms with van der Waals surface area (Å²) < 4.78 is 10.6. The monoisotopic (exact) mass is 488 g/mol. The van der Waals surface area contributed by atoms with Crippen LogP contribution in [0.5, 0.6) is 11.5 Å². The summed E-state index contributed by atoms with van der Waals surface area (Å²) in [6, 6.07) is 18.5. The van der Waals surface area contributed by atoms with Crippen LogP contribution in [0, 0.1) is 5.92 Å². The molecule has 0 aliphatic carbocycles. The predicted octanol–water partition coefficient (Wildman–Crippen LogP) is 4.27. The van der Waals surface area contributed by atoms with Crippen LogP contribution in [0.2, 0.25) is 0 Å². The molecule has 8 heteroatoms. The molecule has 0 bridgehead atoms. The van der Waals surface area contributed by atoms with Crippen LogP contribution in [0.4, 0.5) is 11.5 Å². The van der Waals surface area contributed by atoms with Crippen molar-refractivity contribution in [2.24, 2.45) is 5.92 Å². The Balaban J connectivity index is 1.28. The standard InChI is InChI=1S/C28H32N4O4/c1-3-36-25-10-6-23(7-11-25)31-28(34)22-12-15-29-26(18-22)32-16-13-21(14-17-32)27(33)30-19-20-4-8-24(35-2)9-5-20/h4-12,15,18,21H,3,13-14,16-17,19H2,1-2H3,(H,30,33)(H,31,34). The van der Waals surface area contributed by atoms with E-state index < -0.39 is 0 Å². The van der Waals surface area contributed by atoms with Crippen LogP contribution >= 0.6 is 0 Å². The Morgan fingerprint density at radius 1 is 1.00 bits per heavy atom. The number of methoxy groups -OCH3 is 1. The first-order chi connectivity index (χ1) is 17.6. The third-order valence-corrected chi connectivity index (χ3v) is 6.25. The minimum atomic E-state index is -0.199. The van der Waals surface area contributed by atoms with Crippen molar-refractivity contribution >= 4 is 23.3 Å². The number of carbonyl (C=O) groups is 2. The SMILES string of the molecule is CCOc1ccc(NC(=O)c2ccnc(N3CCC(C(=O)NCc4ccc(OC)cc4)CC3)c2)cc1. The van der Waals surface area contributed by atoms with E-state index in [9.17, 15) is 9.59 Å². The number of ether oxygens (including phenoxy) is 2. The summed E-state index contributed by atoms with van der Waals surface area (Å²) in [7, 11) is 1.63. The van der Waals surface area contributed by atoms with E-state index in [4.69, 9.17) is 9.47 Å². The van der Waals surface area contributed by atoms with Gasteiger partial charge in [-0.15, -0.1) is 0 Å². The number of nitrogens with zero attached hydrogens (tertiary/aromatic N) is 2. The molecule has 2 N–H and O–H groups in total. The molecule has 0 unspecified atom stereocenters. The van der Waals surface area contributed by atoms with Gasteiger partial charge in [-0.2, -0.15) is 0 Å². The van der Waals surface area contributed by atoms with Crippen molar-refractivity contribution in [1.29, 1.82) is 0 Å². The topological polar surface area (TPSA) is 92.8 Å². The van der Waals surface area contributed by atoms with E-state index >= 15 is 0 Å². The van der Waals surface area contributed by atoms with E-state index in [1.165, 1.54) is 0 Å². The van der Waals surface area contributed by atoms with Crippen LogP contribution in [-0.2, 0) is 11.3 Å². The van der Waals surface area contributed by atoms with Gasteiger partial charge in [-0.1, -0.05) is 12.1 Å². The summed E-state index contributed by atoms with van der Waals surface area (Å²) in [5, 5.41) is 5.96. The molecule has 0 radical (unpaired) electrons. The van der Waals surface area contributed by atoms with Gasteiger partial charge in [-0.3, -0.25) is 9.59 Å². The highest BCUT2D eigenvalue weighted by atomic mass is 16.5. The van der Waals surface area contributed by atoms with Gasteiger partial charge in [0.05, 0.1) is 13.7 Å². The molecule has 8 nitrogen and oxygen atoms in total. The van der Waals surface area contributed by atoms with Crippen molar-refractivity contribution < 1.29 is 19.1 Å². The lowest BCUT2D eigenvalue weighted by atomic mass is 9.95. The molecule has 1 fully saturated rings. The summed E-state index contributed by atoms with van der Waals surface area (Å²) in [6.07, 6.45) is 3.12. The van der Waals surface area contributed by atoms with E-state index in [0.29, 0.717) is 37.5 Å². The number of rotatable bonds is 9. The second-order valence-electron chi connectivity index (χ2n) is 8.64. The summed E-state index contributed by atoms with van der Waals surface area (Å²) in [5.41, 5.74) is 2.27. The van der Waals surface area contributed by atoms with Crippen molar-refractivity contribution in [3.8, 4) is 11.5 Å². The molecule has 188 valence electrons. The largest absolute Gasteiger partial charge is 0.497 e. The molecule has 2 aromatic carbocycles.